The van der Waals surface area contributed by atoms with Crippen LogP contribution in [0.15, 0.2) is 24.3 Å². The summed E-state index contributed by atoms with van der Waals surface area (Å²) < 4.78 is 0. The van der Waals surface area contributed by atoms with Crippen LogP contribution in [-0.4, -0.2) is 11.5 Å². The van der Waals surface area contributed by atoms with Crippen molar-refractivity contribution in [1.82, 2.24) is 10.3 Å². The number of aromatic nitrogens is 1. The van der Waals surface area contributed by atoms with E-state index in [9.17, 15) is 0 Å². The third kappa shape index (κ3) is 4.05. The molecule has 3 nitrogen and oxygen atoms in total. The minimum atomic E-state index is 0.377. The molecule has 0 aliphatic carbocycles. The minimum absolute atomic E-state index is 0.377. The average molecular weight is 289 g/mol. The molecule has 1 heterocycles. The lowest BCUT2D eigenvalue weighted by atomic mass is 10.1. The summed E-state index contributed by atoms with van der Waals surface area (Å²) >= 11 is 1.79. The van der Waals surface area contributed by atoms with Gasteiger partial charge in [0, 0.05) is 16.6 Å². The Morgan fingerprint density at radius 1 is 1.35 bits per heavy atom. The number of hydrogen-bond donors (Lipinski definition) is 2. The number of hydrogen-bond acceptors (Lipinski definition) is 4. The number of thiazole rings is 1. The predicted octanol–water partition coefficient (Wildman–Crippen LogP) is 3.63. The van der Waals surface area contributed by atoms with E-state index in [1.54, 1.807) is 11.3 Å². The van der Waals surface area contributed by atoms with Crippen molar-refractivity contribution in [2.75, 3.05) is 12.3 Å². The van der Waals surface area contributed by atoms with Gasteiger partial charge in [-0.15, -0.1) is 11.3 Å². The fraction of sp³-hybridized carbons (Fsp3) is 0.438. The summed E-state index contributed by atoms with van der Waals surface area (Å²) in [6.07, 6.45) is 2.18. The molecule has 0 radical (unpaired) electrons. The standard InChI is InChI=1S/C16H23N3S/c1-11(16-12(2)19-13(3)20-16)18-9-5-7-14-6-4-8-15(17)10-14/h4,6,8,10-11,18H,5,7,9,17H2,1-3H3. The topological polar surface area (TPSA) is 50.9 Å². The lowest BCUT2D eigenvalue weighted by molar-refractivity contribution is 0.562. The van der Waals surface area contributed by atoms with Crippen molar-refractivity contribution in [2.24, 2.45) is 0 Å². The molecule has 0 aliphatic heterocycles. The Bertz CT molecular complexity index is 563. The molecular formula is C16H23N3S. The van der Waals surface area contributed by atoms with E-state index in [1.807, 2.05) is 12.1 Å². The van der Waals surface area contributed by atoms with Gasteiger partial charge in [0.05, 0.1) is 10.7 Å². The van der Waals surface area contributed by atoms with Gasteiger partial charge in [-0.2, -0.15) is 0 Å². The van der Waals surface area contributed by atoms with Crippen molar-refractivity contribution < 1.29 is 0 Å². The third-order valence-corrected chi connectivity index (χ3v) is 4.63. The van der Waals surface area contributed by atoms with E-state index >= 15 is 0 Å². The van der Waals surface area contributed by atoms with Gasteiger partial charge in [-0.05, 0) is 57.9 Å². The highest BCUT2D eigenvalue weighted by atomic mass is 32.1. The molecule has 0 fully saturated rings. The van der Waals surface area contributed by atoms with E-state index < -0.39 is 0 Å². The Kier molecular flexibility index (Phi) is 5.15. The Morgan fingerprint density at radius 2 is 2.15 bits per heavy atom. The normalized spacial score (nSPS) is 12.6. The van der Waals surface area contributed by atoms with Gasteiger partial charge >= 0.3 is 0 Å². The summed E-state index contributed by atoms with van der Waals surface area (Å²) in [5.74, 6) is 0. The molecule has 4 heteroatoms. The molecule has 1 aromatic carbocycles. The van der Waals surface area contributed by atoms with Crippen molar-refractivity contribution in [3.05, 3.63) is 45.4 Å². The molecule has 108 valence electrons. The maximum absolute atomic E-state index is 5.78. The fourth-order valence-electron chi connectivity index (χ4n) is 2.40. The molecule has 20 heavy (non-hydrogen) atoms. The van der Waals surface area contributed by atoms with Crippen molar-refractivity contribution in [3.63, 3.8) is 0 Å². The molecule has 0 aliphatic rings. The van der Waals surface area contributed by atoms with Gasteiger partial charge in [0.1, 0.15) is 0 Å². The second-order valence-electron chi connectivity index (χ2n) is 5.21. The lowest BCUT2D eigenvalue weighted by Gasteiger charge is -2.12. The first-order valence-corrected chi connectivity index (χ1v) is 7.89. The third-order valence-electron chi connectivity index (χ3n) is 3.38. The number of rotatable bonds is 6. The molecule has 1 unspecified atom stereocenters. The van der Waals surface area contributed by atoms with E-state index in [4.69, 9.17) is 5.73 Å². The maximum Gasteiger partial charge on any atom is 0.0900 e. The molecule has 3 N–H and O–H groups in total. The van der Waals surface area contributed by atoms with Crippen molar-refractivity contribution >= 4 is 17.0 Å². The first kappa shape index (κ1) is 15.0. The van der Waals surface area contributed by atoms with Crippen molar-refractivity contribution in [3.8, 4) is 0 Å². The van der Waals surface area contributed by atoms with Crippen LogP contribution in [-0.2, 0) is 6.42 Å². The Morgan fingerprint density at radius 3 is 2.80 bits per heavy atom. The fourth-order valence-corrected chi connectivity index (χ4v) is 3.36. The lowest BCUT2D eigenvalue weighted by Crippen LogP contribution is -2.20. The summed E-state index contributed by atoms with van der Waals surface area (Å²) in [5, 5.41) is 4.72. The molecule has 0 spiro atoms. The van der Waals surface area contributed by atoms with E-state index in [2.05, 4.69) is 43.2 Å². The highest BCUT2D eigenvalue weighted by molar-refractivity contribution is 7.11. The summed E-state index contributed by atoms with van der Waals surface area (Å²) in [6.45, 7) is 7.37. The molecular weight excluding hydrogens is 266 g/mol. The predicted molar refractivity (Wildman–Crippen MR) is 87.2 cm³/mol. The van der Waals surface area contributed by atoms with Crippen LogP contribution in [0.4, 0.5) is 5.69 Å². The van der Waals surface area contributed by atoms with Crippen LogP contribution in [0, 0.1) is 13.8 Å². The zero-order valence-electron chi connectivity index (χ0n) is 12.4. The second kappa shape index (κ2) is 6.86. The minimum Gasteiger partial charge on any atom is -0.399 e. The first-order valence-electron chi connectivity index (χ1n) is 7.08. The Balaban J connectivity index is 1.77. The van der Waals surface area contributed by atoms with E-state index in [1.165, 1.54) is 10.4 Å². The number of anilines is 1. The van der Waals surface area contributed by atoms with Gasteiger partial charge in [0.2, 0.25) is 0 Å². The number of nitrogens with one attached hydrogen (secondary N) is 1. The van der Waals surface area contributed by atoms with Gasteiger partial charge < -0.3 is 11.1 Å². The number of nitrogen functional groups attached to an aromatic ring is 1. The Hall–Kier alpha value is -1.39. The average Bonchev–Trinajstić information content (AvgIpc) is 2.74. The van der Waals surface area contributed by atoms with Crippen LogP contribution in [0.1, 0.15) is 40.5 Å². The summed E-state index contributed by atoms with van der Waals surface area (Å²) in [5.41, 5.74) is 9.10. The van der Waals surface area contributed by atoms with Gasteiger partial charge in [-0.3, -0.25) is 0 Å². The van der Waals surface area contributed by atoms with E-state index in [0.717, 1.165) is 35.8 Å². The van der Waals surface area contributed by atoms with Crippen LogP contribution in [0.3, 0.4) is 0 Å². The van der Waals surface area contributed by atoms with Crippen LogP contribution < -0.4 is 11.1 Å². The molecule has 0 amide bonds. The van der Waals surface area contributed by atoms with Crippen LogP contribution in [0.2, 0.25) is 0 Å². The molecule has 0 bridgehead atoms. The van der Waals surface area contributed by atoms with Gasteiger partial charge in [-0.25, -0.2) is 4.98 Å². The monoisotopic (exact) mass is 289 g/mol. The largest absolute Gasteiger partial charge is 0.399 e. The van der Waals surface area contributed by atoms with Crippen LogP contribution >= 0.6 is 11.3 Å². The zero-order valence-corrected chi connectivity index (χ0v) is 13.3. The van der Waals surface area contributed by atoms with Crippen molar-refractivity contribution in [2.45, 2.75) is 39.7 Å². The maximum atomic E-state index is 5.78. The number of nitrogens with two attached hydrogens (primary N) is 1. The summed E-state index contributed by atoms with van der Waals surface area (Å²) in [4.78, 5) is 5.84. The number of aryl methyl sites for hydroxylation is 3. The quantitative estimate of drug-likeness (QED) is 0.631. The number of nitrogens with zero attached hydrogens (tertiary/aromatic N) is 1. The molecule has 2 rings (SSSR count). The van der Waals surface area contributed by atoms with Crippen LogP contribution in [0.25, 0.3) is 0 Å². The molecule has 1 aromatic heterocycles. The van der Waals surface area contributed by atoms with Gasteiger partial charge in [0.25, 0.3) is 0 Å². The first-order chi connectivity index (χ1) is 9.56. The highest BCUT2D eigenvalue weighted by Crippen LogP contribution is 2.24. The van der Waals surface area contributed by atoms with Crippen LogP contribution in [0.5, 0.6) is 0 Å². The smallest absolute Gasteiger partial charge is 0.0900 e. The second-order valence-corrected chi connectivity index (χ2v) is 6.44. The Labute approximate surface area is 125 Å². The van der Waals surface area contributed by atoms with E-state index in [-0.39, 0.29) is 0 Å². The van der Waals surface area contributed by atoms with Crippen molar-refractivity contribution in [1.29, 1.82) is 0 Å². The SMILES string of the molecule is Cc1nc(C)c(C(C)NCCCc2cccc(N)c2)s1. The molecule has 2 aromatic rings. The zero-order chi connectivity index (χ0) is 14.5. The summed E-state index contributed by atoms with van der Waals surface area (Å²) in [6, 6.07) is 8.52. The number of benzene rings is 1. The molecule has 0 saturated heterocycles. The summed E-state index contributed by atoms with van der Waals surface area (Å²) in [7, 11) is 0. The molecule has 1 atom stereocenters. The molecule has 0 saturated carbocycles. The van der Waals surface area contributed by atoms with Gasteiger partial charge in [0.15, 0.2) is 0 Å². The van der Waals surface area contributed by atoms with Gasteiger partial charge in [-0.1, -0.05) is 12.1 Å². The van der Waals surface area contributed by atoms with E-state index in [0.29, 0.717) is 6.04 Å². The highest BCUT2D eigenvalue weighted by Gasteiger charge is 2.11.